The van der Waals surface area contributed by atoms with Gasteiger partial charge in [-0.1, -0.05) is 103 Å². The van der Waals surface area contributed by atoms with E-state index in [1.54, 1.807) is 6.08 Å². The van der Waals surface area contributed by atoms with E-state index >= 15 is 0 Å². The van der Waals surface area contributed by atoms with E-state index in [1.165, 1.54) is 11.1 Å². The largest absolute Gasteiger partial charge is 0.399 e. The van der Waals surface area contributed by atoms with Gasteiger partial charge in [0.05, 0.1) is 12.7 Å². The zero-order valence-electron chi connectivity index (χ0n) is 24.6. The molecule has 2 saturated heterocycles. The molecule has 6 rings (SSSR count). The SMILES string of the molecule is Nc1ccccc1C[C@H]1C(=O)N(CC(c2ccccc2)c2ccccc2)CC[C@H]2CN(C(=O)/C=C/c3ccc(Cl)cc3)CN21. The summed E-state index contributed by atoms with van der Waals surface area (Å²) >= 11 is 6.01. The number of carbonyl (C=O) groups is 2. The van der Waals surface area contributed by atoms with Gasteiger partial charge in [0.15, 0.2) is 0 Å². The maximum absolute atomic E-state index is 14.5. The van der Waals surface area contributed by atoms with Gasteiger partial charge in [-0.05, 0) is 59.4 Å². The number of hydrogen-bond donors (Lipinski definition) is 1. The second-order valence-electron chi connectivity index (χ2n) is 11.6. The third-order valence-electron chi connectivity index (χ3n) is 8.84. The molecule has 7 heteroatoms. The van der Waals surface area contributed by atoms with Crippen molar-refractivity contribution in [2.24, 2.45) is 0 Å². The Morgan fingerprint density at radius 2 is 1.52 bits per heavy atom. The van der Waals surface area contributed by atoms with Crippen LogP contribution in [0.5, 0.6) is 0 Å². The molecule has 2 N–H and O–H groups in total. The van der Waals surface area contributed by atoms with Crippen molar-refractivity contribution in [3.63, 3.8) is 0 Å². The smallest absolute Gasteiger partial charge is 0.247 e. The first-order valence-corrected chi connectivity index (χ1v) is 15.5. The van der Waals surface area contributed by atoms with Crippen molar-refractivity contribution < 1.29 is 9.59 Å². The van der Waals surface area contributed by atoms with Gasteiger partial charge < -0.3 is 15.5 Å². The summed E-state index contributed by atoms with van der Waals surface area (Å²) in [6.45, 7) is 2.18. The second-order valence-corrected chi connectivity index (χ2v) is 12.1. The van der Waals surface area contributed by atoms with E-state index in [1.807, 2.05) is 76.5 Å². The summed E-state index contributed by atoms with van der Waals surface area (Å²) in [5.74, 6) is 0.0648. The third kappa shape index (κ3) is 6.72. The van der Waals surface area contributed by atoms with Crippen LogP contribution in [0.3, 0.4) is 0 Å². The fraction of sp³-hybridized carbons (Fsp3) is 0.243. The molecule has 224 valence electrons. The fourth-order valence-corrected chi connectivity index (χ4v) is 6.55. The summed E-state index contributed by atoms with van der Waals surface area (Å²) in [5.41, 5.74) is 11.3. The molecule has 2 amide bonds. The number of para-hydroxylation sites is 1. The number of benzene rings is 4. The van der Waals surface area contributed by atoms with Gasteiger partial charge in [-0.25, -0.2) is 0 Å². The van der Waals surface area contributed by atoms with Gasteiger partial charge in [-0.3, -0.25) is 14.5 Å². The molecule has 6 nitrogen and oxygen atoms in total. The number of fused-ring (bicyclic) bond motifs is 1. The molecule has 4 aromatic rings. The Balaban J connectivity index is 1.26. The van der Waals surface area contributed by atoms with Crippen LogP contribution < -0.4 is 5.73 Å². The first-order chi connectivity index (χ1) is 21.5. The number of nitrogens with zero attached hydrogens (tertiary/aromatic N) is 3. The highest BCUT2D eigenvalue weighted by Crippen LogP contribution is 2.31. The second kappa shape index (κ2) is 13.5. The van der Waals surface area contributed by atoms with E-state index in [4.69, 9.17) is 17.3 Å². The van der Waals surface area contributed by atoms with Crippen LogP contribution in [0.25, 0.3) is 6.08 Å². The summed E-state index contributed by atoms with van der Waals surface area (Å²) in [6.07, 6.45) is 4.69. The topological polar surface area (TPSA) is 69.9 Å². The highest BCUT2D eigenvalue weighted by molar-refractivity contribution is 6.30. The molecule has 2 aliphatic heterocycles. The number of nitrogen functional groups attached to an aromatic ring is 1. The van der Waals surface area contributed by atoms with Crippen LogP contribution in [0.2, 0.25) is 5.02 Å². The zero-order valence-corrected chi connectivity index (χ0v) is 25.4. The molecule has 0 aliphatic carbocycles. The summed E-state index contributed by atoms with van der Waals surface area (Å²) in [7, 11) is 0. The van der Waals surface area contributed by atoms with E-state index < -0.39 is 6.04 Å². The Morgan fingerprint density at radius 1 is 0.886 bits per heavy atom. The zero-order chi connectivity index (χ0) is 30.5. The lowest BCUT2D eigenvalue weighted by Gasteiger charge is -2.32. The predicted octanol–water partition coefficient (Wildman–Crippen LogP) is 6.08. The van der Waals surface area contributed by atoms with Crippen molar-refractivity contribution in [2.75, 3.05) is 32.0 Å². The van der Waals surface area contributed by atoms with Crippen molar-refractivity contribution in [2.45, 2.75) is 30.8 Å². The average molecular weight is 605 g/mol. The number of carbonyl (C=O) groups excluding carboxylic acids is 2. The minimum absolute atomic E-state index is 0.0489. The first kappa shape index (κ1) is 29.7. The maximum atomic E-state index is 14.5. The molecule has 0 radical (unpaired) electrons. The van der Waals surface area contributed by atoms with Crippen molar-refractivity contribution in [3.8, 4) is 0 Å². The molecule has 0 bridgehead atoms. The molecule has 0 spiro atoms. The predicted molar refractivity (Wildman–Crippen MR) is 177 cm³/mol. The summed E-state index contributed by atoms with van der Waals surface area (Å²) in [4.78, 5) is 34.0. The maximum Gasteiger partial charge on any atom is 0.247 e. The lowest BCUT2D eigenvalue weighted by molar-refractivity contribution is -0.136. The Bertz CT molecular complexity index is 1570. The molecule has 0 saturated carbocycles. The van der Waals surface area contributed by atoms with Gasteiger partial charge in [-0.2, -0.15) is 0 Å². The number of rotatable bonds is 8. The summed E-state index contributed by atoms with van der Waals surface area (Å²) in [6, 6.07) is 35.6. The lowest BCUT2D eigenvalue weighted by Crippen LogP contribution is -2.49. The van der Waals surface area contributed by atoms with Crippen LogP contribution >= 0.6 is 11.6 Å². The molecular formula is C37H37ClN4O2. The number of anilines is 1. The molecule has 2 heterocycles. The first-order valence-electron chi connectivity index (χ1n) is 15.2. The van der Waals surface area contributed by atoms with Gasteiger partial charge in [0.2, 0.25) is 11.8 Å². The molecule has 2 fully saturated rings. The third-order valence-corrected chi connectivity index (χ3v) is 9.09. The van der Waals surface area contributed by atoms with Crippen LogP contribution in [0.4, 0.5) is 5.69 Å². The Labute approximate surface area is 264 Å². The van der Waals surface area contributed by atoms with Crippen molar-refractivity contribution in [1.82, 2.24) is 14.7 Å². The Kier molecular flexibility index (Phi) is 9.10. The van der Waals surface area contributed by atoms with E-state index in [0.717, 1.165) is 17.5 Å². The Morgan fingerprint density at radius 3 is 2.18 bits per heavy atom. The normalized spacial score (nSPS) is 19.0. The minimum atomic E-state index is -0.433. The van der Waals surface area contributed by atoms with Crippen molar-refractivity contribution in [3.05, 3.63) is 143 Å². The van der Waals surface area contributed by atoms with Crippen molar-refractivity contribution in [1.29, 1.82) is 0 Å². The molecule has 4 aromatic carbocycles. The number of hydrogen-bond acceptors (Lipinski definition) is 4. The van der Waals surface area contributed by atoms with E-state index in [2.05, 4.69) is 53.4 Å². The van der Waals surface area contributed by atoms with Gasteiger partial charge in [-0.15, -0.1) is 0 Å². The monoisotopic (exact) mass is 604 g/mol. The molecule has 2 aliphatic rings. The molecule has 0 aromatic heterocycles. The minimum Gasteiger partial charge on any atom is -0.399 e. The Hall–Kier alpha value is -4.39. The number of halogens is 1. The van der Waals surface area contributed by atoms with Crippen LogP contribution in [0.1, 0.15) is 34.6 Å². The van der Waals surface area contributed by atoms with E-state index in [9.17, 15) is 9.59 Å². The highest BCUT2D eigenvalue weighted by Gasteiger charge is 2.44. The van der Waals surface area contributed by atoms with Crippen molar-refractivity contribution >= 4 is 35.2 Å². The van der Waals surface area contributed by atoms with E-state index in [0.29, 0.717) is 43.4 Å². The lowest BCUT2D eigenvalue weighted by atomic mass is 9.90. The molecule has 44 heavy (non-hydrogen) atoms. The van der Waals surface area contributed by atoms with Crippen LogP contribution in [0.15, 0.2) is 115 Å². The summed E-state index contributed by atoms with van der Waals surface area (Å²) in [5, 5.41) is 0.656. The quantitative estimate of drug-likeness (QED) is 0.195. The van der Waals surface area contributed by atoms with Gasteiger partial charge in [0.25, 0.3) is 0 Å². The van der Waals surface area contributed by atoms with Gasteiger partial charge >= 0.3 is 0 Å². The van der Waals surface area contributed by atoms with Gasteiger partial charge in [0, 0.05) is 48.4 Å². The standard InChI is InChI=1S/C37H37ClN4O2/c38-31-18-15-27(16-19-31)17-20-36(43)41-24-32-21-22-40(25-33(28-9-3-1-4-10-28)29-11-5-2-6-12-29)37(44)35(42(32)26-41)23-30-13-7-8-14-34(30)39/h1-20,32-33,35H,21-26,39H2/b20-17+/t32-,35-/m0/s1. The molecule has 0 unspecified atom stereocenters. The highest BCUT2D eigenvalue weighted by atomic mass is 35.5. The summed E-state index contributed by atoms with van der Waals surface area (Å²) < 4.78 is 0. The van der Waals surface area contributed by atoms with Crippen LogP contribution in [-0.4, -0.2) is 64.9 Å². The molecular weight excluding hydrogens is 568 g/mol. The van der Waals surface area contributed by atoms with Crippen LogP contribution in [-0.2, 0) is 16.0 Å². The van der Waals surface area contributed by atoms with Crippen LogP contribution in [0, 0.1) is 0 Å². The fourth-order valence-electron chi connectivity index (χ4n) is 6.42. The van der Waals surface area contributed by atoms with E-state index in [-0.39, 0.29) is 23.8 Å². The molecule has 2 atom stereocenters. The van der Waals surface area contributed by atoms with Gasteiger partial charge in [0.1, 0.15) is 0 Å². The number of nitrogens with two attached hydrogens (primary N) is 1. The average Bonchev–Trinajstić information content (AvgIpc) is 3.44. The number of amides is 2.